The van der Waals surface area contributed by atoms with Crippen molar-refractivity contribution in [3.05, 3.63) is 39.7 Å². The third kappa shape index (κ3) is 3.86. The molecule has 1 amide bonds. The zero-order valence-corrected chi connectivity index (χ0v) is 18.8. The summed E-state index contributed by atoms with van der Waals surface area (Å²) in [6.45, 7) is 6.10. The van der Waals surface area contributed by atoms with Crippen LogP contribution in [0.3, 0.4) is 0 Å². The maximum absolute atomic E-state index is 14.9. The molecule has 1 aromatic rings. The van der Waals surface area contributed by atoms with Crippen LogP contribution in [0.15, 0.2) is 18.2 Å². The monoisotopic (exact) mass is 465 g/mol. The maximum atomic E-state index is 14.9. The number of carboxylic acid groups (broad SMARTS) is 1. The summed E-state index contributed by atoms with van der Waals surface area (Å²) in [5.41, 5.74) is -2.79. The molecule has 0 unspecified atom stereocenters. The highest BCUT2D eigenvalue weighted by Crippen LogP contribution is 2.57. The molecule has 2 atom stereocenters. The average molecular weight is 466 g/mol. The number of hydrogen-bond donors (Lipinski definition) is 2. The molecule has 2 rings (SSSR count). The predicted octanol–water partition coefficient (Wildman–Crippen LogP) is 2.47. The Balaban J connectivity index is 2.78. The van der Waals surface area contributed by atoms with Gasteiger partial charge < -0.3 is 9.66 Å². The average Bonchev–Trinajstić information content (AvgIpc) is 3.42. The van der Waals surface area contributed by atoms with E-state index in [1.54, 1.807) is 20.8 Å². The lowest BCUT2D eigenvalue weighted by atomic mass is 9.86. The number of carbonyl (C=O) groups is 1. The van der Waals surface area contributed by atoms with E-state index in [1.807, 2.05) is 0 Å². The van der Waals surface area contributed by atoms with Gasteiger partial charge in [0.15, 0.2) is 0 Å². The van der Waals surface area contributed by atoms with Gasteiger partial charge in [-0.1, -0.05) is 0 Å². The minimum Gasteiger partial charge on any atom is -0.598 e. The van der Waals surface area contributed by atoms with Crippen LogP contribution in [0.4, 0.5) is 14.9 Å². The molecule has 0 heterocycles. The fourth-order valence-corrected chi connectivity index (χ4v) is 6.31. The third-order valence-electron chi connectivity index (χ3n) is 5.29. The van der Waals surface area contributed by atoms with Gasteiger partial charge in [0, 0.05) is 36.1 Å². The third-order valence-corrected chi connectivity index (χ3v) is 9.68. The molecule has 13 heteroatoms. The van der Waals surface area contributed by atoms with Crippen LogP contribution < -0.4 is 4.72 Å². The number of non-ortho nitro benzene ring substituents is 1. The number of halogens is 1. The summed E-state index contributed by atoms with van der Waals surface area (Å²) in [7, 11) is -3.72. The van der Waals surface area contributed by atoms with Crippen molar-refractivity contribution in [1.29, 1.82) is 0 Å². The number of rotatable bonds is 7. The number of sulfonamides is 1. The molecule has 0 bridgehead atoms. The fraction of sp³-hybridized carbons (Fsp3) is 0.588. The van der Waals surface area contributed by atoms with Crippen LogP contribution in [0, 0.1) is 15.9 Å². The fourth-order valence-electron chi connectivity index (χ4n) is 3.24. The lowest BCUT2D eigenvalue weighted by Crippen LogP contribution is -2.61. The van der Waals surface area contributed by atoms with Crippen molar-refractivity contribution in [1.82, 2.24) is 9.03 Å². The van der Waals surface area contributed by atoms with E-state index in [4.69, 9.17) is 0 Å². The second-order valence-electron chi connectivity index (χ2n) is 8.28. The number of nitro groups is 1. The lowest BCUT2D eigenvalue weighted by Gasteiger charge is -2.41. The lowest BCUT2D eigenvalue weighted by molar-refractivity contribution is -0.385. The Kier molecular flexibility index (Phi) is 6.18. The van der Waals surface area contributed by atoms with E-state index in [9.17, 15) is 37.4 Å². The van der Waals surface area contributed by atoms with Crippen LogP contribution in [0.25, 0.3) is 0 Å². The van der Waals surface area contributed by atoms with Gasteiger partial charge >= 0.3 is 6.09 Å². The topological polar surface area (TPSA) is 153 Å². The summed E-state index contributed by atoms with van der Waals surface area (Å²) in [4.78, 5) is 21.8. The molecule has 0 aliphatic heterocycles. The molecule has 2 N–H and O–H groups in total. The number of nitrogens with one attached hydrogen (secondary N) is 1. The number of hydrogen-bond acceptors (Lipinski definition) is 7. The highest BCUT2D eigenvalue weighted by atomic mass is 32.2. The molecular weight excluding hydrogens is 441 g/mol. The van der Waals surface area contributed by atoms with Gasteiger partial charge in [-0.15, -0.1) is 4.72 Å². The minimum absolute atomic E-state index is 0.0556. The minimum atomic E-state index is -4.57. The molecule has 0 radical (unpaired) electrons. The molecule has 168 valence electrons. The first-order valence-electron chi connectivity index (χ1n) is 8.87. The molecular formula is C17H24FN3O7S2. The summed E-state index contributed by atoms with van der Waals surface area (Å²) in [6.07, 6.45) is -1.85. The second kappa shape index (κ2) is 7.62. The molecule has 1 fully saturated rings. The molecule has 1 saturated carbocycles. The van der Waals surface area contributed by atoms with Crippen molar-refractivity contribution in [2.75, 3.05) is 7.05 Å². The van der Waals surface area contributed by atoms with Crippen molar-refractivity contribution in [2.24, 2.45) is 0 Å². The summed E-state index contributed by atoms with van der Waals surface area (Å²) in [6, 6.07) is 2.65. The molecule has 10 nitrogen and oxygen atoms in total. The first-order valence-corrected chi connectivity index (χ1v) is 11.5. The molecule has 1 aliphatic carbocycles. The van der Waals surface area contributed by atoms with Crippen molar-refractivity contribution < 1.29 is 32.2 Å². The largest absolute Gasteiger partial charge is 0.598 e. The van der Waals surface area contributed by atoms with Gasteiger partial charge in [0.1, 0.15) is 20.9 Å². The Bertz CT molecular complexity index is 976. The van der Waals surface area contributed by atoms with E-state index in [0.717, 1.165) is 25.2 Å². The van der Waals surface area contributed by atoms with Crippen molar-refractivity contribution in [2.45, 2.75) is 55.6 Å². The first kappa shape index (κ1) is 24.3. The summed E-state index contributed by atoms with van der Waals surface area (Å²) < 4.78 is 54.2. The van der Waals surface area contributed by atoms with Gasteiger partial charge in [-0.25, -0.2) is 21.9 Å². The van der Waals surface area contributed by atoms with Crippen LogP contribution in [0.5, 0.6) is 0 Å². The Hall–Kier alpha value is -1.96. The Morgan fingerprint density at radius 3 is 2.27 bits per heavy atom. The quantitative estimate of drug-likeness (QED) is 0.354. The van der Waals surface area contributed by atoms with E-state index in [0.29, 0.717) is 0 Å². The Morgan fingerprint density at radius 1 is 1.33 bits per heavy atom. The summed E-state index contributed by atoms with van der Waals surface area (Å²) >= 11 is -1.91. The molecule has 1 aromatic carbocycles. The first-order chi connectivity index (χ1) is 13.5. The molecule has 0 aromatic heterocycles. The number of amides is 1. The van der Waals surface area contributed by atoms with E-state index in [-0.39, 0.29) is 22.7 Å². The Labute approximate surface area is 177 Å². The standard InChI is InChI=1S/C17H24FN3O7S2/c1-15(2,3)29(26)19-16(4,12-10-11(21(24)25)6-7-13(12)18)17(8-9-17)30(27,28)20(5)14(22)23/h6-7,10,19H,8-9H2,1-5H3,(H,22,23)/t16-,29-/m1/s1. The van der Waals surface area contributed by atoms with Crippen LogP contribution in [0.1, 0.15) is 46.1 Å². The van der Waals surface area contributed by atoms with Gasteiger partial charge in [-0.05, 0) is 46.6 Å². The van der Waals surface area contributed by atoms with Crippen LogP contribution in [-0.2, 0) is 26.9 Å². The van der Waals surface area contributed by atoms with Gasteiger partial charge in [-0.2, -0.15) is 0 Å². The van der Waals surface area contributed by atoms with Crippen LogP contribution in [0.2, 0.25) is 0 Å². The van der Waals surface area contributed by atoms with E-state index < -0.39 is 58.9 Å². The van der Waals surface area contributed by atoms with Gasteiger partial charge in [0.25, 0.3) is 5.69 Å². The van der Waals surface area contributed by atoms with E-state index >= 15 is 0 Å². The maximum Gasteiger partial charge on any atom is 0.420 e. The molecule has 0 saturated heterocycles. The number of benzene rings is 1. The molecule has 30 heavy (non-hydrogen) atoms. The Morgan fingerprint density at radius 2 is 1.87 bits per heavy atom. The van der Waals surface area contributed by atoms with Crippen molar-refractivity contribution in [3.63, 3.8) is 0 Å². The second-order valence-corrected chi connectivity index (χ2v) is 12.5. The van der Waals surface area contributed by atoms with Crippen LogP contribution in [-0.4, -0.2) is 49.9 Å². The number of nitro benzene ring substituents is 1. The van der Waals surface area contributed by atoms with Gasteiger partial charge in [-0.3, -0.25) is 10.1 Å². The summed E-state index contributed by atoms with van der Waals surface area (Å²) in [5, 5.41) is 20.5. The van der Waals surface area contributed by atoms with Gasteiger partial charge in [0.2, 0.25) is 10.0 Å². The number of nitrogens with zero attached hydrogens (tertiary/aromatic N) is 2. The normalized spacial score (nSPS) is 18.9. The highest BCUT2D eigenvalue weighted by molar-refractivity contribution is 7.92. The van der Waals surface area contributed by atoms with E-state index in [1.165, 1.54) is 6.92 Å². The van der Waals surface area contributed by atoms with E-state index in [2.05, 4.69) is 4.72 Å². The SMILES string of the molecule is CN(C(=O)O)S(=O)(=O)C1([C@](C)(N[S@+]([O-])C(C)(C)C)c2cc([N+](=O)[O-])ccc2F)CC1. The molecule has 0 spiro atoms. The smallest absolute Gasteiger partial charge is 0.420 e. The molecule has 1 aliphatic rings. The predicted molar refractivity (Wildman–Crippen MR) is 108 cm³/mol. The zero-order chi connectivity index (χ0) is 23.3. The van der Waals surface area contributed by atoms with Crippen LogP contribution >= 0.6 is 0 Å². The zero-order valence-electron chi connectivity index (χ0n) is 17.1. The highest BCUT2D eigenvalue weighted by Gasteiger charge is 2.70. The summed E-state index contributed by atoms with van der Waals surface area (Å²) in [5.74, 6) is -0.944. The van der Waals surface area contributed by atoms with Crippen molar-refractivity contribution in [3.8, 4) is 0 Å². The van der Waals surface area contributed by atoms with Gasteiger partial charge in [0.05, 0.1) is 4.92 Å². The van der Waals surface area contributed by atoms with Crippen molar-refractivity contribution >= 4 is 33.2 Å².